The minimum atomic E-state index is -3.94. The molecule has 11 heavy (non-hydrogen) atoms. The van der Waals surface area contributed by atoms with Gasteiger partial charge in [0.25, 0.3) is 10.1 Å². The SMILES string of the molecule is O=S(=O)(O)C1C=CC(Cl)=CC1. The zero-order chi connectivity index (χ0) is 8.48. The maximum Gasteiger partial charge on any atom is 0.271 e. The van der Waals surface area contributed by atoms with Crippen LogP contribution in [-0.2, 0) is 10.1 Å². The summed E-state index contributed by atoms with van der Waals surface area (Å²) in [5, 5.41) is -0.324. The van der Waals surface area contributed by atoms with Gasteiger partial charge in [-0.3, -0.25) is 4.55 Å². The van der Waals surface area contributed by atoms with Crippen molar-refractivity contribution in [2.24, 2.45) is 0 Å². The summed E-state index contributed by atoms with van der Waals surface area (Å²) >= 11 is 5.53. The molecular weight excluding hydrogens is 188 g/mol. The smallest absolute Gasteiger partial charge is 0.271 e. The maximum absolute atomic E-state index is 10.5. The van der Waals surface area contributed by atoms with Gasteiger partial charge in [-0.05, 0) is 12.5 Å². The molecule has 0 bridgehead atoms. The average molecular weight is 195 g/mol. The average Bonchev–Trinajstić information content (AvgIpc) is 1.86. The van der Waals surface area contributed by atoms with Crippen molar-refractivity contribution in [3.8, 4) is 0 Å². The Hall–Kier alpha value is -0.320. The van der Waals surface area contributed by atoms with Crippen molar-refractivity contribution in [1.82, 2.24) is 0 Å². The number of halogens is 1. The second-order valence-electron chi connectivity index (χ2n) is 2.24. The molecule has 0 fully saturated rings. The van der Waals surface area contributed by atoms with E-state index in [0.29, 0.717) is 5.03 Å². The highest BCUT2D eigenvalue weighted by Gasteiger charge is 2.20. The Morgan fingerprint density at radius 2 is 2.27 bits per heavy atom. The fourth-order valence-corrected chi connectivity index (χ4v) is 1.57. The lowest BCUT2D eigenvalue weighted by atomic mass is 10.2. The van der Waals surface area contributed by atoms with Crippen molar-refractivity contribution in [1.29, 1.82) is 0 Å². The Balaban J connectivity index is 2.79. The van der Waals surface area contributed by atoms with E-state index in [1.165, 1.54) is 12.2 Å². The van der Waals surface area contributed by atoms with E-state index in [-0.39, 0.29) is 6.42 Å². The van der Waals surface area contributed by atoms with Crippen LogP contribution in [0.4, 0.5) is 0 Å². The van der Waals surface area contributed by atoms with Crippen molar-refractivity contribution < 1.29 is 13.0 Å². The molecule has 0 saturated carbocycles. The Kier molecular flexibility index (Phi) is 2.37. The first-order valence-corrected chi connectivity index (χ1v) is 4.88. The van der Waals surface area contributed by atoms with Gasteiger partial charge in [0.2, 0.25) is 0 Å². The van der Waals surface area contributed by atoms with E-state index < -0.39 is 15.4 Å². The standard InChI is InChI=1S/C6H7ClO3S/c7-5-1-3-6(4-2-5)11(8,9)10/h1-3,6H,4H2,(H,8,9,10). The van der Waals surface area contributed by atoms with Gasteiger partial charge in [-0.15, -0.1) is 0 Å². The predicted octanol–water partition coefficient (Wildman–Crippen LogP) is 1.33. The zero-order valence-corrected chi connectivity index (χ0v) is 7.14. The third-order valence-corrected chi connectivity index (χ3v) is 2.79. The summed E-state index contributed by atoms with van der Waals surface area (Å²) in [6, 6.07) is 0. The van der Waals surface area contributed by atoms with Crippen LogP contribution in [0.5, 0.6) is 0 Å². The lowest BCUT2D eigenvalue weighted by Crippen LogP contribution is -2.18. The third kappa shape index (κ3) is 2.32. The Bertz CT molecular complexity index is 302. The number of hydrogen-bond acceptors (Lipinski definition) is 2. The van der Waals surface area contributed by atoms with Gasteiger partial charge in [-0.25, -0.2) is 0 Å². The first-order chi connectivity index (χ1) is 5.00. The summed E-state index contributed by atoms with van der Waals surface area (Å²) in [6.07, 6.45) is 4.63. The van der Waals surface area contributed by atoms with E-state index in [1.54, 1.807) is 6.08 Å². The lowest BCUT2D eigenvalue weighted by molar-refractivity contribution is 0.474. The molecule has 0 spiro atoms. The van der Waals surface area contributed by atoms with Gasteiger partial charge in [0.1, 0.15) is 5.25 Å². The van der Waals surface area contributed by atoms with Gasteiger partial charge < -0.3 is 0 Å². The van der Waals surface area contributed by atoms with Crippen LogP contribution in [0.2, 0.25) is 0 Å². The number of allylic oxidation sites excluding steroid dienone is 3. The minimum Gasteiger partial charge on any atom is -0.285 e. The molecule has 0 saturated heterocycles. The normalized spacial score (nSPS) is 24.9. The number of hydrogen-bond donors (Lipinski definition) is 1. The molecule has 1 aliphatic rings. The first kappa shape index (κ1) is 8.77. The van der Waals surface area contributed by atoms with Crippen LogP contribution in [0.25, 0.3) is 0 Å². The second kappa shape index (κ2) is 2.97. The third-order valence-electron chi connectivity index (χ3n) is 1.40. The van der Waals surface area contributed by atoms with E-state index in [2.05, 4.69) is 0 Å². The molecule has 1 atom stereocenters. The summed E-state index contributed by atoms with van der Waals surface area (Å²) in [6.45, 7) is 0. The van der Waals surface area contributed by atoms with Crippen LogP contribution >= 0.6 is 11.6 Å². The van der Waals surface area contributed by atoms with Crippen LogP contribution in [0.15, 0.2) is 23.3 Å². The predicted molar refractivity (Wildman–Crippen MR) is 43.0 cm³/mol. The molecule has 0 amide bonds. The van der Waals surface area contributed by atoms with Gasteiger partial charge in [0.15, 0.2) is 0 Å². The van der Waals surface area contributed by atoms with Crippen molar-refractivity contribution in [2.45, 2.75) is 11.7 Å². The quantitative estimate of drug-likeness (QED) is 0.641. The van der Waals surface area contributed by atoms with Crippen LogP contribution in [0.3, 0.4) is 0 Å². The molecule has 62 valence electrons. The second-order valence-corrected chi connectivity index (χ2v) is 4.31. The van der Waals surface area contributed by atoms with Gasteiger partial charge in [0, 0.05) is 5.03 Å². The zero-order valence-electron chi connectivity index (χ0n) is 5.57. The Morgan fingerprint density at radius 3 is 2.64 bits per heavy atom. The summed E-state index contributed by atoms with van der Waals surface area (Å²) in [4.78, 5) is 0. The largest absolute Gasteiger partial charge is 0.285 e. The molecule has 1 N–H and O–H groups in total. The van der Waals surface area contributed by atoms with Gasteiger partial charge >= 0.3 is 0 Å². The van der Waals surface area contributed by atoms with E-state index in [9.17, 15) is 8.42 Å². The molecule has 0 aromatic carbocycles. The fourth-order valence-electron chi connectivity index (χ4n) is 0.795. The van der Waals surface area contributed by atoms with Gasteiger partial charge in [-0.1, -0.05) is 23.8 Å². The molecule has 1 unspecified atom stereocenters. The summed E-state index contributed by atoms with van der Waals surface area (Å²) in [5.41, 5.74) is 0. The Morgan fingerprint density at radius 1 is 1.64 bits per heavy atom. The van der Waals surface area contributed by atoms with Crippen molar-refractivity contribution in [2.75, 3.05) is 0 Å². The molecular formula is C6H7ClO3S. The van der Waals surface area contributed by atoms with E-state index in [1.807, 2.05) is 0 Å². The molecule has 0 aliphatic heterocycles. The van der Waals surface area contributed by atoms with E-state index in [4.69, 9.17) is 16.2 Å². The highest BCUT2D eigenvalue weighted by Crippen LogP contribution is 2.17. The summed E-state index contributed by atoms with van der Waals surface area (Å²) in [7, 11) is -3.94. The Labute approximate surface area is 70.1 Å². The molecule has 0 radical (unpaired) electrons. The van der Waals surface area contributed by atoms with Crippen LogP contribution < -0.4 is 0 Å². The van der Waals surface area contributed by atoms with E-state index in [0.717, 1.165) is 0 Å². The van der Waals surface area contributed by atoms with E-state index >= 15 is 0 Å². The van der Waals surface area contributed by atoms with Crippen molar-refractivity contribution >= 4 is 21.7 Å². The van der Waals surface area contributed by atoms with Crippen LogP contribution in [0, 0.1) is 0 Å². The van der Waals surface area contributed by atoms with Gasteiger partial charge in [0.05, 0.1) is 0 Å². The highest BCUT2D eigenvalue weighted by molar-refractivity contribution is 7.86. The minimum absolute atomic E-state index is 0.244. The lowest BCUT2D eigenvalue weighted by Gasteiger charge is -2.09. The van der Waals surface area contributed by atoms with Gasteiger partial charge in [-0.2, -0.15) is 8.42 Å². The monoisotopic (exact) mass is 194 g/mol. The summed E-state index contributed by atoms with van der Waals surface area (Å²) in [5.74, 6) is 0. The highest BCUT2D eigenvalue weighted by atomic mass is 35.5. The molecule has 5 heteroatoms. The fraction of sp³-hybridized carbons (Fsp3) is 0.333. The maximum atomic E-state index is 10.5. The molecule has 0 aromatic rings. The summed E-state index contributed by atoms with van der Waals surface area (Å²) < 4.78 is 29.6. The van der Waals surface area contributed by atoms with Crippen molar-refractivity contribution in [3.05, 3.63) is 23.3 Å². The van der Waals surface area contributed by atoms with Crippen LogP contribution in [0.1, 0.15) is 6.42 Å². The topological polar surface area (TPSA) is 54.4 Å². The van der Waals surface area contributed by atoms with Crippen molar-refractivity contribution in [3.63, 3.8) is 0 Å². The number of rotatable bonds is 1. The van der Waals surface area contributed by atoms with Crippen LogP contribution in [-0.4, -0.2) is 18.2 Å². The molecule has 0 heterocycles. The first-order valence-electron chi connectivity index (χ1n) is 3.00. The molecule has 3 nitrogen and oxygen atoms in total. The molecule has 1 rings (SSSR count). The molecule has 1 aliphatic carbocycles. The molecule has 0 aromatic heterocycles.